The molecule has 3 saturated heterocycles. The maximum Gasteiger partial charge on any atom is 0.230 e. The van der Waals surface area contributed by atoms with Crippen LogP contribution in [0.4, 0.5) is 0 Å². The molecule has 0 saturated carbocycles. The van der Waals surface area contributed by atoms with Crippen LogP contribution in [0.2, 0.25) is 0 Å². The highest BCUT2D eigenvalue weighted by molar-refractivity contribution is 5.86. The Balaban J connectivity index is 1.83. The highest BCUT2D eigenvalue weighted by Crippen LogP contribution is 2.45. The molecule has 0 aliphatic carbocycles. The topological polar surface area (TPSA) is 23.6 Å². The standard InChI is InChI=1S/C13H22N2O/c1-14-7-4-6-13(10-14)9-11-5-2-3-8-15(11)12(13)16/h11H,2-10H2,1H3. The minimum absolute atomic E-state index is 0.00199. The van der Waals surface area contributed by atoms with Gasteiger partial charge in [0, 0.05) is 19.1 Å². The first-order valence-electron chi connectivity index (χ1n) is 6.71. The van der Waals surface area contributed by atoms with Crippen molar-refractivity contribution in [3.63, 3.8) is 0 Å². The second-order valence-electron chi connectivity index (χ2n) is 5.97. The fraction of sp³-hybridized carbons (Fsp3) is 0.923. The maximum atomic E-state index is 12.6. The Kier molecular flexibility index (Phi) is 2.46. The lowest BCUT2D eigenvalue weighted by molar-refractivity contribution is -0.139. The molecule has 3 aliphatic rings. The van der Waals surface area contributed by atoms with E-state index in [1.54, 1.807) is 0 Å². The van der Waals surface area contributed by atoms with Crippen LogP contribution in [0.5, 0.6) is 0 Å². The van der Waals surface area contributed by atoms with E-state index in [0.717, 1.165) is 25.9 Å². The highest BCUT2D eigenvalue weighted by Gasteiger charge is 2.52. The van der Waals surface area contributed by atoms with Gasteiger partial charge in [-0.1, -0.05) is 0 Å². The van der Waals surface area contributed by atoms with Gasteiger partial charge in [-0.05, 0) is 52.1 Å². The molecule has 3 nitrogen and oxygen atoms in total. The van der Waals surface area contributed by atoms with Gasteiger partial charge in [-0.15, -0.1) is 0 Å². The van der Waals surface area contributed by atoms with Crippen molar-refractivity contribution in [1.29, 1.82) is 0 Å². The van der Waals surface area contributed by atoms with Crippen molar-refractivity contribution in [2.45, 2.75) is 44.6 Å². The largest absolute Gasteiger partial charge is 0.339 e. The van der Waals surface area contributed by atoms with Gasteiger partial charge in [0.2, 0.25) is 5.91 Å². The molecule has 3 rings (SSSR count). The van der Waals surface area contributed by atoms with Gasteiger partial charge < -0.3 is 9.80 Å². The molecule has 1 amide bonds. The molecule has 0 aromatic rings. The van der Waals surface area contributed by atoms with E-state index >= 15 is 0 Å². The van der Waals surface area contributed by atoms with Crippen LogP contribution in [0.25, 0.3) is 0 Å². The second-order valence-corrected chi connectivity index (χ2v) is 5.97. The molecule has 0 radical (unpaired) electrons. The Labute approximate surface area is 97.8 Å². The van der Waals surface area contributed by atoms with E-state index in [1.807, 2.05) is 0 Å². The Hall–Kier alpha value is -0.570. The van der Waals surface area contributed by atoms with Crippen LogP contribution in [-0.4, -0.2) is 48.4 Å². The Morgan fingerprint density at radius 2 is 2.12 bits per heavy atom. The first-order valence-corrected chi connectivity index (χ1v) is 6.71. The van der Waals surface area contributed by atoms with Crippen molar-refractivity contribution in [1.82, 2.24) is 9.80 Å². The zero-order valence-corrected chi connectivity index (χ0v) is 10.2. The molecule has 90 valence electrons. The normalized spacial score (nSPS) is 40.4. The van der Waals surface area contributed by atoms with E-state index in [1.165, 1.54) is 32.2 Å². The summed E-state index contributed by atoms with van der Waals surface area (Å²) in [5, 5.41) is 0. The number of likely N-dealkylation sites (tertiary alicyclic amines) is 1. The minimum Gasteiger partial charge on any atom is -0.339 e. The third kappa shape index (κ3) is 1.48. The van der Waals surface area contributed by atoms with E-state index in [9.17, 15) is 4.79 Å². The molecule has 1 spiro atoms. The van der Waals surface area contributed by atoms with Crippen molar-refractivity contribution in [2.24, 2.45) is 5.41 Å². The van der Waals surface area contributed by atoms with Crippen LogP contribution in [0.15, 0.2) is 0 Å². The van der Waals surface area contributed by atoms with Crippen LogP contribution in [-0.2, 0) is 4.79 Å². The molecule has 2 unspecified atom stereocenters. The fourth-order valence-corrected chi connectivity index (χ4v) is 4.03. The molecule has 0 aromatic heterocycles. The van der Waals surface area contributed by atoms with Crippen molar-refractivity contribution in [3.8, 4) is 0 Å². The number of rotatable bonds is 0. The SMILES string of the molecule is CN1CCCC2(CC3CCCCN3C2=O)C1. The number of fused-ring (bicyclic) bond motifs is 1. The monoisotopic (exact) mass is 222 g/mol. The predicted molar refractivity (Wildman–Crippen MR) is 63.1 cm³/mol. The number of hydrogen-bond acceptors (Lipinski definition) is 2. The summed E-state index contributed by atoms with van der Waals surface area (Å²) in [5.41, 5.74) is 0.00199. The summed E-state index contributed by atoms with van der Waals surface area (Å²) < 4.78 is 0. The molecule has 2 atom stereocenters. The van der Waals surface area contributed by atoms with Gasteiger partial charge >= 0.3 is 0 Å². The van der Waals surface area contributed by atoms with Crippen molar-refractivity contribution < 1.29 is 4.79 Å². The van der Waals surface area contributed by atoms with E-state index in [4.69, 9.17) is 0 Å². The van der Waals surface area contributed by atoms with Crippen LogP contribution < -0.4 is 0 Å². The molecule has 0 N–H and O–H groups in total. The first kappa shape index (κ1) is 10.6. The van der Waals surface area contributed by atoms with E-state index < -0.39 is 0 Å². The Morgan fingerprint density at radius 1 is 1.25 bits per heavy atom. The molecule has 3 heteroatoms. The fourth-order valence-electron chi connectivity index (χ4n) is 4.03. The predicted octanol–water partition coefficient (Wildman–Crippen LogP) is 1.48. The number of nitrogens with zero attached hydrogens (tertiary/aromatic N) is 2. The third-order valence-corrected chi connectivity index (χ3v) is 4.74. The average molecular weight is 222 g/mol. The van der Waals surface area contributed by atoms with Gasteiger partial charge in [-0.2, -0.15) is 0 Å². The number of amides is 1. The lowest BCUT2D eigenvalue weighted by atomic mass is 9.77. The third-order valence-electron chi connectivity index (χ3n) is 4.74. The second kappa shape index (κ2) is 3.73. The lowest BCUT2D eigenvalue weighted by Crippen LogP contribution is -2.46. The maximum absolute atomic E-state index is 12.6. The Bertz CT molecular complexity index is 304. The summed E-state index contributed by atoms with van der Waals surface area (Å²) in [6.07, 6.45) is 7.24. The molecule has 3 heterocycles. The number of carbonyl (C=O) groups excluding carboxylic acids is 1. The van der Waals surface area contributed by atoms with Crippen molar-refractivity contribution in [2.75, 3.05) is 26.7 Å². The summed E-state index contributed by atoms with van der Waals surface area (Å²) >= 11 is 0. The zero-order chi connectivity index (χ0) is 11.2. The van der Waals surface area contributed by atoms with Gasteiger partial charge in [0.15, 0.2) is 0 Å². The first-order chi connectivity index (χ1) is 7.71. The van der Waals surface area contributed by atoms with Gasteiger partial charge in [0.1, 0.15) is 0 Å². The van der Waals surface area contributed by atoms with Crippen LogP contribution in [0.1, 0.15) is 38.5 Å². The molecular formula is C13H22N2O. The molecule has 0 aromatic carbocycles. The van der Waals surface area contributed by atoms with Crippen molar-refractivity contribution >= 4 is 5.91 Å². The quantitative estimate of drug-likeness (QED) is 0.620. The summed E-state index contributed by atoms with van der Waals surface area (Å²) in [6.45, 7) is 3.19. The summed E-state index contributed by atoms with van der Waals surface area (Å²) in [4.78, 5) is 17.1. The number of hydrogen-bond donors (Lipinski definition) is 0. The summed E-state index contributed by atoms with van der Waals surface area (Å²) in [6, 6.07) is 0.577. The Morgan fingerprint density at radius 3 is 2.88 bits per heavy atom. The summed E-state index contributed by atoms with van der Waals surface area (Å²) in [7, 11) is 2.16. The van der Waals surface area contributed by atoms with Crippen LogP contribution in [0, 0.1) is 5.41 Å². The molecule has 3 fully saturated rings. The van der Waals surface area contributed by atoms with Crippen molar-refractivity contribution in [3.05, 3.63) is 0 Å². The van der Waals surface area contributed by atoms with Crippen LogP contribution >= 0.6 is 0 Å². The van der Waals surface area contributed by atoms with Gasteiger partial charge in [-0.3, -0.25) is 4.79 Å². The average Bonchev–Trinajstić information content (AvgIpc) is 2.53. The zero-order valence-electron chi connectivity index (χ0n) is 10.2. The lowest BCUT2D eigenvalue weighted by Gasteiger charge is -2.37. The smallest absolute Gasteiger partial charge is 0.230 e. The van der Waals surface area contributed by atoms with Crippen LogP contribution in [0.3, 0.4) is 0 Å². The summed E-state index contributed by atoms with van der Waals surface area (Å²) in [5.74, 6) is 0.476. The van der Waals surface area contributed by atoms with E-state index in [0.29, 0.717) is 11.9 Å². The molecule has 16 heavy (non-hydrogen) atoms. The highest BCUT2D eigenvalue weighted by atomic mass is 16.2. The van der Waals surface area contributed by atoms with E-state index in [-0.39, 0.29) is 5.41 Å². The number of piperidine rings is 2. The van der Waals surface area contributed by atoms with Gasteiger partial charge in [0.05, 0.1) is 5.41 Å². The van der Waals surface area contributed by atoms with E-state index in [2.05, 4.69) is 16.8 Å². The van der Waals surface area contributed by atoms with Gasteiger partial charge in [0.25, 0.3) is 0 Å². The molecule has 0 bridgehead atoms. The molecular weight excluding hydrogens is 200 g/mol. The molecule has 3 aliphatic heterocycles. The number of carbonyl (C=O) groups is 1. The van der Waals surface area contributed by atoms with Gasteiger partial charge in [-0.25, -0.2) is 0 Å². The minimum atomic E-state index is 0.00199.